The third-order valence-corrected chi connectivity index (χ3v) is 2.74. The maximum Gasteiger partial charge on any atom is 0.254 e. The molecule has 0 fully saturated rings. The maximum atomic E-state index is 11.2. The molecule has 0 aromatic carbocycles. The Morgan fingerprint density at radius 3 is 2.88 bits per heavy atom. The number of carbonyl (C=O) groups excluding carboxylic acids is 1. The van der Waals surface area contributed by atoms with Gasteiger partial charge in [0.25, 0.3) is 5.24 Å². The van der Waals surface area contributed by atoms with Gasteiger partial charge < -0.3 is 4.90 Å². The fourth-order valence-corrected chi connectivity index (χ4v) is 1.93. The van der Waals surface area contributed by atoms with Crippen LogP contribution in [0.2, 0.25) is 0 Å². The zero-order valence-corrected chi connectivity index (χ0v) is 11.5. The molecule has 1 rings (SSSR count). The maximum absolute atomic E-state index is 11.2. The smallest absolute Gasteiger partial charge is 0.254 e. The second-order valence-electron chi connectivity index (χ2n) is 3.52. The molecule has 4 nitrogen and oxygen atoms in total. The second-order valence-corrected chi connectivity index (χ2v) is 4.70. The monoisotopic (exact) mass is 271 g/mol. The molecule has 0 saturated heterocycles. The molecule has 0 aliphatic carbocycles. The van der Waals surface area contributed by atoms with E-state index in [9.17, 15) is 4.79 Å². The van der Waals surface area contributed by atoms with E-state index in [2.05, 4.69) is 9.98 Å². The summed E-state index contributed by atoms with van der Waals surface area (Å²) in [5.74, 6) is 0. The van der Waals surface area contributed by atoms with E-state index in [1.54, 1.807) is 17.8 Å². The summed E-state index contributed by atoms with van der Waals surface area (Å²) in [4.78, 5) is 21.4. The van der Waals surface area contributed by atoms with Crippen LogP contribution in [0.3, 0.4) is 0 Å². The average Bonchev–Trinajstić information content (AvgIpc) is 2.71. The van der Waals surface area contributed by atoms with Gasteiger partial charge in [-0.3, -0.25) is 4.79 Å². The van der Waals surface area contributed by atoms with Gasteiger partial charge >= 0.3 is 0 Å². The second kappa shape index (κ2) is 6.51. The fraction of sp³-hybridized carbons (Fsp3) is 0.364. The van der Waals surface area contributed by atoms with Crippen molar-refractivity contribution in [1.82, 2.24) is 9.88 Å². The molecular formula is C11H14ClN3OS. The van der Waals surface area contributed by atoms with Gasteiger partial charge in [0.2, 0.25) is 5.13 Å². The third-order valence-electron chi connectivity index (χ3n) is 1.79. The van der Waals surface area contributed by atoms with Gasteiger partial charge in [-0.15, -0.1) is 11.3 Å². The minimum absolute atomic E-state index is 0.441. The molecule has 0 aliphatic rings. The molecule has 0 amide bonds. The summed E-state index contributed by atoms with van der Waals surface area (Å²) in [6, 6.07) is 0. The van der Waals surface area contributed by atoms with Gasteiger partial charge in [-0.1, -0.05) is 13.0 Å². The van der Waals surface area contributed by atoms with Crippen molar-refractivity contribution in [1.29, 1.82) is 0 Å². The minimum atomic E-state index is -0.486. The summed E-state index contributed by atoms with van der Waals surface area (Å²) in [6.07, 6.45) is 4.17. The number of hydrogen-bond acceptors (Lipinski definition) is 4. The van der Waals surface area contributed by atoms with E-state index >= 15 is 0 Å². The first-order chi connectivity index (χ1) is 8.04. The first-order valence-electron chi connectivity index (χ1n) is 5.11. The molecule has 0 atom stereocenters. The van der Waals surface area contributed by atoms with E-state index in [0.717, 1.165) is 6.42 Å². The molecule has 0 aliphatic heterocycles. The number of carbonyl (C=O) groups is 1. The summed E-state index contributed by atoms with van der Waals surface area (Å²) in [5.41, 5.74) is 1.03. The normalized spacial score (nSPS) is 12.1. The van der Waals surface area contributed by atoms with Gasteiger partial charge in [0, 0.05) is 19.5 Å². The van der Waals surface area contributed by atoms with Crippen molar-refractivity contribution in [2.45, 2.75) is 13.3 Å². The van der Waals surface area contributed by atoms with E-state index < -0.39 is 5.24 Å². The summed E-state index contributed by atoms with van der Waals surface area (Å²) in [5, 5.41) is 1.90. The van der Waals surface area contributed by atoms with Crippen molar-refractivity contribution in [2.75, 3.05) is 14.1 Å². The first kappa shape index (κ1) is 13.9. The van der Waals surface area contributed by atoms with Crippen molar-refractivity contribution >= 4 is 45.2 Å². The van der Waals surface area contributed by atoms with Crippen LogP contribution in [0.15, 0.2) is 16.4 Å². The lowest BCUT2D eigenvalue weighted by Crippen LogP contribution is -2.06. The van der Waals surface area contributed by atoms with Gasteiger partial charge in [0.05, 0.1) is 17.6 Å². The van der Waals surface area contributed by atoms with E-state index in [-0.39, 0.29) is 0 Å². The average molecular weight is 272 g/mol. The summed E-state index contributed by atoms with van der Waals surface area (Å²) >= 11 is 6.88. The lowest BCUT2D eigenvalue weighted by Gasteiger charge is -2.00. The van der Waals surface area contributed by atoms with Crippen LogP contribution in [-0.4, -0.2) is 35.6 Å². The van der Waals surface area contributed by atoms with Crippen LogP contribution >= 0.6 is 22.9 Å². The molecule has 6 heteroatoms. The Kier molecular flexibility index (Phi) is 5.31. The van der Waals surface area contributed by atoms with Crippen molar-refractivity contribution in [2.24, 2.45) is 4.99 Å². The van der Waals surface area contributed by atoms with Crippen molar-refractivity contribution in [3.8, 4) is 0 Å². The Morgan fingerprint density at radius 2 is 2.35 bits per heavy atom. The zero-order valence-electron chi connectivity index (χ0n) is 9.98. The Balaban J connectivity index is 2.93. The highest BCUT2D eigenvalue weighted by molar-refractivity contribution is 7.13. The predicted molar refractivity (Wildman–Crippen MR) is 73.1 cm³/mol. The fourth-order valence-electron chi connectivity index (χ4n) is 1.10. The molecule has 1 heterocycles. The summed E-state index contributed by atoms with van der Waals surface area (Å²) in [7, 11) is 3.76. The highest BCUT2D eigenvalue weighted by atomic mass is 35.5. The number of halogens is 1. The standard InChI is InChI=1S/C11H14ClN3OS/c1-4-5-8(10(12)16)9-6-17-11(14-9)13-7-15(2)3/h5-7H,4H2,1-3H3/b8-5+,13-7+. The summed E-state index contributed by atoms with van der Waals surface area (Å²) in [6.45, 7) is 1.94. The lowest BCUT2D eigenvalue weighted by atomic mass is 10.2. The van der Waals surface area contributed by atoms with E-state index in [0.29, 0.717) is 16.4 Å². The number of nitrogens with zero attached hydrogens (tertiary/aromatic N) is 3. The quantitative estimate of drug-likeness (QED) is 0.358. The van der Waals surface area contributed by atoms with Gasteiger partial charge in [-0.25, -0.2) is 9.98 Å². The largest absolute Gasteiger partial charge is 0.369 e. The predicted octanol–water partition coefficient (Wildman–Crippen LogP) is 2.92. The SMILES string of the molecule is CC/C=C(/C(=O)Cl)c1csc(/N=C/N(C)C)n1. The highest BCUT2D eigenvalue weighted by Crippen LogP contribution is 2.25. The number of hydrogen-bond donors (Lipinski definition) is 0. The molecule has 0 saturated carbocycles. The highest BCUT2D eigenvalue weighted by Gasteiger charge is 2.12. The Bertz CT molecular complexity index is 451. The molecule has 17 heavy (non-hydrogen) atoms. The van der Waals surface area contributed by atoms with E-state index in [4.69, 9.17) is 11.6 Å². The van der Waals surface area contributed by atoms with Crippen LogP contribution in [-0.2, 0) is 4.79 Å². The number of thiazole rings is 1. The Hall–Kier alpha value is -1.20. The molecule has 0 radical (unpaired) electrons. The molecule has 92 valence electrons. The van der Waals surface area contributed by atoms with Crippen LogP contribution in [0, 0.1) is 0 Å². The zero-order chi connectivity index (χ0) is 12.8. The molecule has 0 bridgehead atoms. The van der Waals surface area contributed by atoms with Crippen LogP contribution < -0.4 is 0 Å². The molecule has 0 unspecified atom stereocenters. The molecule has 1 aromatic heterocycles. The van der Waals surface area contributed by atoms with Crippen molar-refractivity contribution in [3.05, 3.63) is 17.2 Å². The van der Waals surface area contributed by atoms with Gasteiger partial charge in [0.15, 0.2) is 0 Å². The number of rotatable bonds is 5. The number of aliphatic imine (C=N–C) groups is 1. The number of allylic oxidation sites excluding steroid dienone is 2. The van der Waals surface area contributed by atoms with Gasteiger partial charge in [0.1, 0.15) is 0 Å². The molecule has 0 N–H and O–H groups in total. The van der Waals surface area contributed by atoms with Crippen LogP contribution in [0.1, 0.15) is 19.0 Å². The van der Waals surface area contributed by atoms with E-state index in [1.165, 1.54) is 11.3 Å². The van der Waals surface area contributed by atoms with Crippen LogP contribution in [0.25, 0.3) is 5.57 Å². The van der Waals surface area contributed by atoms with Gasteiger partial charge in [-0.05, 0) is 18.0 Å². The van der Waals surface area contributed by atoms with Crippen molar-refractivity contribution < 1.29 is 4.79 Å². The molecular weight excluding hydrogens is 258 g/mol. The van der Waals surface area contributed by atoms with Crippen molar-refractivity contribution in [3.63, 3.8) is 0 Å². The topological polar surface area (TPSA) is 45.6 Å². The van der Waals surface area contributed by atoms with Crippen LogP contribution in [0.4, 0.5) is 5.13 Å². The Labute approximate surface area is 110 Å². The number of aromatic nitrogens is 1. The first-order valence-corrected chi connectivity index (χ1v) is 6.36. The van der Waals surface area contributed by atoms with Crippen LogP contribution in [0.5, 0.6) is 0 Å². The van der Waals surface area contributed by atoms with Gasteiger partial charge in [-0.2, -0.15) is 0 Å². The minimum Gasteiger partial charge on any atom is -0.369 e. The molecule has 1 aromatic rings. The summed E-state index contributed by atoms with van der Waals surface area (Å²) < 4.78 is 0. The van der Waals surface area contributed by atoms with E-state index in [1.807, 2.05) is 25.9 Å². The molecule has 0 spiro atoms. The Morgan fingerprint density at radius 1 is 1.65 bits per heavy atom. The third kappa shape index (κ3) is 4.28. The lowest BCUT2D eigenvalue weighted by molar-refractivity contribution is -0.106.